The van der Waals surface area contributed by atoms with Gasteiger partial charge in [0.2, 0.25) is 0 Å². The Bertz CT molecular complexity index is 683. The molecule has 2 aromatic rings. The van der Waals surface area contributed by atoms with Crippen LogP contribution in [0.2, 0.25) is 0 Å². The van der Waals surface area contributed by atoms with E-state index in [1.807, 2.05) is 31.2 Å². The van der Waals surface area contributed by atoms with Crippen LogP contribution in [-0.2, 0) is 9.53 Å². The Kier molecular flexibility index (Phi) is 5.38. The average molecular weight is 396 g/mol. The maximum absolute atomic E-state index is 11.4. The minimum absolute atomic E-state index is 0.161. The van der Waals surface area contributed by atoms with E-state index in [1.54, 1.807) is 11.8 Å². The number of halogens is 1. The zero-order chi connectivity index (χ0) is 16.2. The van der Waals surface area contributed by atoms with E-state index >= 15 is 0 Å². The van der Waals surface area contributed by atoms with Crippen LogP contribution >= 0.6 is 27.7 Å². The topological polar surface area (TPSA) is 57.0 Å². The lowest BCUT2D eigenvalue weighted by atomic mass is 10.2. The summed E-state index contributed by atoms with van der Waals surface area (Å²) in [6.07, 6.45) is 2.71. The third-order valence-corrected chi connectivity index (χ3v) is 5.00. The summed E-state index contributed by atoms with van der Waals surface area (Å²) in [4.78, 5) is 11.4. The number of hydrogen-bond acceptors (Lipinski definition) is 5. The highest BCUT2D eigenvalue weighted by molar-refractivity contribution is 9.10. The first-order valence-electron chi connectivity index (χ1n) is 7.68. The van der Waals surface area contributed by atoms with Crippen molar-refractivity contribution in [2.24, 2.45) is 0 Å². The predicted octanol–water partition coefficient (Wildman–Crippen LogP) is 4.09. The van der Waals surface area contributed by atoms with E-state index < -0.39 is 0 Å². The number of hydrogen-bond donors (Lipinski definition) is 0. The molecule has 0 atom stereocenters. The second-order valence-electron chi connectivity index (χ2n) is 5.32. The van der Waals surface area contributed by atoms with Crippen molar-refractivity contribution < 1.29 is 9.53 Å². The van der Waals surface area contributed by atoms with Gasteiger partial charge in [-0.15, -0.1) is 10.2 Å². The third kappa shape index (κ3) is 4.14. The molecule has 1 fully saturated rings. The van der Waals surface area contributed by atoms with Gasteiger partial charge in [0.15, 0.2) is 11.0 Å². The smallest absolute Gasteiger partial charge is 0.306 e. The van der Waals surface area contributed by atoms with Gasteiger partial charge >= 0.3 is 5.97 Å². The molecule has 0 N–H and O–H groups in total. The third-order valence-electron chi connectivity index (χ3n) is 3.52. The Morgan fingerprint density at radius 2 is 2.09 bits per heavy atom. The lowest BCUT2D eigenvalue weighted by Crippen LogP contribution is -2.05. The Morgan fingerprint density at radius 1 is 1.35 bits per heavy atom. The molecule has 0 spiro atoms. The molecule has 0 unspecified atom stereocenters. The first-order valence-corrected chi connectivity index (χ1v) is 9.46. The average Bonchev–Trinajstić information content (AvgIpc) is 3.29. The lowest BCUT2D eigenvalue weighted by Gasteiger charge is -2.08. The van der Waals surface area contributed by atoms with E-state index in [2.05, 4.69) is 30.7 Å². The van der Waals surface area contributed by atoms with Crippen molar-refractivity contribution in [3.63, 3.8) is 0 Å². The molecule has 0 saturated heterocycles. The molecule has 7 heteroatoms. The van der Waals surface area contributed by atoms with Crippen LogP contribution in [0.1, 0.15) is 32.2 Å². The molecule has 0 bridgehead atoms. The molecular weight excluding hydrogens is 378 g/mol. The van der Waals surface area contributed by atoms with Crippen LogP contribution in [0.4, 0.5) is 0 Å². The number of esters is 1. The van der Waals surface area contributed by atoms with Crippen LogP contribution in [0, 0.1) is 0 Å². The molecule has 1 aliphatic carbocycles. The van der Waals surface area contributed by atoms with Gasteiger partial charge in [-0.3, -0.25) is 9.36 Å². The van der Waals surface area contributed by atoms with Gasteiger partial charge in [0.05, 0.1) is 13.0 Å². The largest absolute Gasteiger partial charge is 0.466 e. The number of ether oxygens (including phenoxy) is 1. The molecular formula is C16H18BrN3O2S. The summed E-state index contributed by atoms with van der Waals surface area (Å²) in [5, 5.41) is 9.59. The normalized spacial score (nSPS) is 14.0. The molecule has 122 valence electrons. The minimum Gasteiger partial charge on any atom is -0.466 e. The molecule has 1 aliphatic rings. The maximum Gasteiger partial charge on any atom is 0.306 e. The monoisotopic (exact) mass is 395 g/mol. The Hall–Kier alpha value is -1.34. The van der Waals surface area contributed by atoms with Crippen molar-refractivity contribution in [1.82, 2.24) is 14.8 Å². The Morgan fingerprint density at radius 3 is 2.74 bits per heavy atom. The zero-order valence-electron chi connectivity index (χ0n) is 12.9. The van der Waals surface area contributed by atoms with Crippen LogP contribution in [0.3, 0.4) is 0 Å². The molecule has 0 amide bonds. The molecule has 0 aliphatic heterocycles. The number of thioether (sulfide) groups is 1. The number of rotatable bonds is 7. The summed E-state index contributed by atoms with van der Waals surface area (Å²) in [6.45, 7) is 2.24. The van der Waals surface area contributed by atoms with Gasteiger partial charge in [-0.2, -0.15) is 0 Å². The number of aromatic nitrogens is 3. The van der Waals surface area contributed by atoms with Crippen LogP contribution in [0.15, 0.2) is 33.9 Å². The van der Waals surface area contributed by atoms with E-state index in [9.17, 15) is 4.79 Å². The van der Waals surface area contributed by atoms with Crippen LogP contribution in [-0.4, -0.2) is 33.1 Å². The molecule has 1 heterocycles. The fraction of sp³-hybridized carbons (Fsp3) is 0.438. The molecule has 1 saturated carbocycles. The summed E-state index contributed by atoms with van der Waals surface area (Å²) in [5.74, 6) is 1.40. The number of carbonyl (C=O) groups excluding carboxylic acids is 1. The van der Waals surface area contributed by atoms with Gasteiger partial charge < -0.3 is 4.74 Å². The van der Waals surface area contributed by atoms with Gasteiger partial charge in [0.25, 0.3) is 0 Å². The predicted molar refractivity (Wildman–Crippen MR) is 93.4 cm³/mol. The summed E-state index contributed by atoms with van der Waals surface area (Å²) in [5.41, 5.74) is 1.06. The SMILES string of the molecule is CCOC(=O)CCSc1nnc(-c2ccc(Br)cc2)n1C1CC1. The minimum atomic E-state index is -0.161. The first kappa shape index (κ1) is 16.5. The van der Waals surface area contributed by atoms with E-state index in [0.717, 1.165) is 33.9 Å². The van der Waals surface area contributed by atoms with Crippen molar-refractivity contribution in [3.8, 4) is 11.4 Å². The van der Waals surface area contributed by atoms with Gasteiger partial charge in [0.1, 0.15) is 0 Å². The van der Waals surface area contributed by atoms with Crippen molar-refractivity contribution in [3.05, 3.63) is 28.7 Å². The second-order valence-corrected chi connectivity index (χ2v) is 7.30. The lowest BCUT2D eigenvalue weighted by molar-refractivity contribution is -0.142. The molecule has 1 aromatic carbocycles. The maximum atomic E-state index is 11.4. The van der Waals surface area contributed by atoms with Crippen LogP contribution < -0.4 is 0 Å². The second kappa shape index (κ2) is 7.49. The highest BCUT2D eigenvalue weighted by Gasteiger charge is 2.30. The van der Waals surface area contributed by atoms with Crippen molar-refractivity contribution in [2.75, 3.05) is 12.4 Å². The fourth-order valence-electron chi connectivity index (χ4n) is 2.29. The molecule has 23 heavy (non-hydrogen) atoms. The standard InChI is InChI=1S/C16H18BrN3O2S/c1-2-22-14(21)9-10-23-16-19-18-15(20(16)13-7-8-13)11-3-5-12(17)6-4-11/h3-6,13H,2,7-10H2,1H3. The van der Waals surface area contributed by atoms with E-state index in [0.29, 0.717) is 24.8 Å². The molecule has 5 nitrogen and oxygen atoms in total. The van der Waals surface area contributed by atoms with Crippen molar-refractivity contribution >= 4 is 33.7 Å². The summed E-state index contributed by atoms with van der Waals surface area (Å²) in [7, 11) is 0. The molecule has 1 aromatic heterocycles. The van der Waals surface area contributed by atoms with Gasteiger partial charge in [-0.05, 0) is 31.9 Å². The highest BCUT2D eigenvalue weighted by atomic mass is 79.9. The summed E-state index contributed by atoms with van der Waals surface area (Å²) >= 11 is 5.02. The zero-order valence-corrected chi connectivity index (χ0v) is 15.3. The van der Waals surface area contributed by atoms with Crippen LogP contribution in [0.25, 0.3) is 11.4 Å². The number of benzene rings is 1. The van der Waals surface area contributed by atoms with Gasteiger partial charge in [-0.1, -0.05) is 39.8 Å². The highest BCUT2D eigenvalue weighted by Crippen LogP contribution is 2.41. The Labute approximate surface area is 147 Å². The number of nitrogens with zero attached hydrogens (tertiary/aromatic N) is 3. The first-order chi connectivity index (χ1) is 11.2. The molecule has 0 radical (unpaired) electrons. The van der Waals surface area contributed by atoms with Gasteiger partial charge in [-0.25, -0.2) is 0 Å². The van der Waals surface area contributed by atoms with Gasteiger partial charge in [0, 0.05) is 21.8 Å². The summed E-state index contributed by atoms with van der Waals surface area (Å²) in [6, 6.07) is 8.58. The van der Waals surface area contributed by atoms with E-state index in [-0.39, 0.29) is 5.97 Å². The van der Waals surface area contributed by atoms with Crippen molar-refractivity contribution in [2.45, 2.75) is 37.4 Å². The Balaban J connectivity index is 1.74. The molecule has 3 rings (SSSR count). The quantitative estimate of drug-likeness (QED) is 0.521. The van der Waals surface area contributed by atoms with Crippen molar-refractivity contribution in [1.29, 1.82) is 0 Å². The number of carbonyl (C=O) groups is 1. The summed E-state index contributed by atoms with van der Waals surface area (Å²) < 4.78 is 8.21. The van der Waals surface area contributed by atoms with E-state index in [1.165, 1.54) is 0 Å². The van der Waals surface area contributed by atoms with E-state index in [4.69, 9.17) is 4.74 Å². The van der Waals surface area contributed by atoms with Crippen LogP contribution in [0.5, 0.6) is 0 Å². The fourth-order valence-corrected chi connectivity index (χ4v) is 3.48.